The van der Waals surface area contributed by atoms with E-state index in [1.54, 1.807) is 18.2 Å². The Kier molecular flexibility index (Phi) is 7.74. The van der Waals surface area contributed by atoms with Gasteiger partial charge in [0.2, 0.25) is 5.91 Å². The Bertz CT molecular complexity index is 911. The molecule has 2 aromatic carbocycles. The van der Waals surface area contributed by atoms with Crippen LogP contribution in [0.1, 0.15) is 28.8 Å². The quantitative estimate of drug-likeness (QED) is 0.608. The molecule has 7 nitrogen and oxygen atoms in total. The summed E-state index contributed by atoms with van der Waals surface area (Å²) >= 11 is 0. The molecular weight excluding hydrogens is 406 g/mol. The predicted molar refractivity (Wildman–Crippen MR) is 122 cm³/mol. The van der Waals surface area contributed by atoms with Crippen LogP contribution in [0.5, 0.6) is 11.5 Å². The van der Waals surface area contributed by atoms with Crippen molar-refractivity contribution >= 4 is 11.7 Å². The second-order valence-electron chi connectivity index (χ2n) is 8.23. The summed E-state index contributed by atoms with van der Waals surface area (Å²) < 4.78 is 11.0. The Morgan fingerprint density at radius 3 is 2.34 bits per heavy atom. The minimum Gasteiger partial charge on any atom is -0.486 e. The van der Waals surface area contributed by atoms with Gasteiger partial charge < -0.3 is 14.8 Å². The van der Waals surface area contributed by atoms with Crippen molar-refractivity contribution in [1.29, 1.82) is 0 Å². The van der Waals surface area contributed by atoms with E-state index in [9.17, 15) is 9.59 Å². The van der Waals surface area contributed by atoms with Crippen LogP contribution in [-0.2, 0) is 11.3 Å². The number of hydrogen-bond acceptors (Lipinski definition) is 6. The number of rotatable bonds is 9. The Hall–Kier alpha value is -2.90. The van der Waals surface area contributed by atoms with Gasteiger partial charge in [0, 0.05) is 64.2 Å². The largest absolute Gasteiger partial charge is 0.486 e. The molecular formula is C25H31N3O4. The molecule has 4 rings (SSSR count). The summed E-state index contributed by atoms with van der Waals surface area (Å²) in [5, 5.41) is 2.95. The molecule has 2 aliphatic rings. The molecule has 0 unspecified atom stereocenters. The lowest BCUT2D eigenvalue weighted by Gasteiger charge is -2.34. The van der Waals surface area contributed by atoms with E-state index in [4.69, 9.17) is 9.47 Å². The molecule has 1 saturated heterocycles. The lowest BCUT2D eigenvalue weighted by atomic mass is 10.1. The second kappa shape index (κ2) is 11.1. The van der Waals surface area contributed by atoms with Crippen molar-refractivity contribution in [2.75, 3.05) is 52.5 Å². The minimum absolute atomic E-state index is 0.0633. The number of amides is 1. The number of fused-ring (bicyclic) bond motifs is 1. The van der Waals surface area contributed by atoms with Gasteiger partial charge in [-0.15, -0.1) is 0 Å². The Balaban J connectivity index is 1.11. The average molecular weight is 438 g/mol. The van der Waals surface area contributed by atoms with Crippen LogP contribution >= 0.6 is 0 Å². The molecule has 0 aromatic heterocycles. The molecule has 170 valence electrons. The average Bonchev–Trinajstić information content (AvgIpc) is 2.84. The molecule has 1 N–H and O–H groups in total. The van der Waals surface area contributed by atoms with Crippen LogP contribution in [0.15, 0.2) is 48.5 Å². The molecule has 2 heterocycles. The molecule has 0 atom stereocenters. The van der Waals surface area contributed by atoms with E-state index in [0.29, 0.717) is 36.8 Å². The molecule has 0 bridgehead atoms. The molecule has 0 aliphatic carbocycles. The van der Waals surface area contributed by atoms with Gasteiger partial charge in [0.25, 0.3) is 0 Å². The number of ketones is 1. The number of hydrogen-bond donors (Lipinski definition) is 1. The van der Waals surface area contributed by atoms with Crippen molar-refractivity contribution in [2.45, 2.75) is 19.4 Å². The summed E-state index contributed by atoms with van der Waals surface area (Å²) in [6.07, 6.45) is 0.377. The van der Waals surface area contributed by atoms with Crippen LogP contribution in [0.25, 0.3) is 0 Å². The standard InChI is InChI=1S/C25H31N3O4/c29-22(21-6-8-23-24(18-21)32-17-16-31-23)7-9-25(30)26-10-11-27-12-14-28(15-13-27)19-20-4-2-1-3-5-20/h1-6,8,18H,7,9-17,19H2,(H,26,30). The van der Waals surface area contributed by atoms with E-state index in [2.05, 4.69) is 39.4 Å². The van der Waals surface area contributed by atoms with Gasteiger partial charge in [0.1, 0.15) is 13.2 Å². The first-order valence-corrected chi connectivity index (χ1v) is 11.4. The fraction of sp³-hybridized carbons (Fsp3) is 0.440. The first-order chi connectivity index (χ1) is 15.7. The zero-order valence-corrected chi connectivity index (χ0v) is 18.4. The molecule has 0 radical (unpaired) electrons. The third-order valence-corrected chi connectivity index (χ3v) is 5.91. The van der Waals surface area contributed by atoms with E-state index in [-0.39, 0.29) is 24.5 Å². The second-order valence-corrected chi connectivity index (χ2v) is 8.23. The normalized spacial score (nSPS) is 16.5. The summed E-state index contributed by atoms with van der Waals surface area (Å²) in [5.74, 6) is 1.10. The molecule has 1 amide bonds. The number of ether oxygens (including phenoxy) is 2. The maximum atomic E-state index is 12.4. The maximum Gasteiger partial charge on any atom is 0.220 e. The lowest BCUT2D eigenvalue weighted by Crippen LogP contribution is -2.48. The first kappa shape index (κ1) is 22.3. The van der Waals surface area contributed by atoms with Gasteiger partial charge in [0.05, 0.1) is 0 Å². The topological polar surface area (TPSA) is 71.1 Å². The highest BCUT2D eigenvalue weighted by Gasteiger charge is 2.18. The third-order valence-electron chi connectivity index (χ3n) is 5.91. The Labute approximate surface area is 189 Å². The van der Waals surface area contributed by atoms with E-state index >= 15 is 0 Å². The predicted octanol–water partition coefficient (Wildman–Crippen LogP) is 2.35. The molecule has 2 aliphatic heterocycles. The molecule has 2 aromatic rings. The number of carbonyl (C=O) groups excluding carboxylic acids is 2. The van der Waals surface area contributed by atoms with Gasteiger partial charge in [-0.25, -0.2) is 0 Å². The Morgan fingerprint density at radius 1 is 0.844 bits per heavy atom. The van der Waals surface area contributed by atoms with Crippen molar-refractivity contribution in [3.63, 3.8) is 0 Å². The van der Waals surface area contributed by atoms with E-state index in [0.717, 1.165) is 39.3 Å². The summed E-state index contributed by atoms with van der Waals surface area (Å²) in [7, 11) is 0. The summed E-state index contributed by atoms with van der Waals surface area (Å²) in [6, 6.07) is 15.7. The number of Topliss-reactive ketones (excluding diaryl/α,β-unsaturated/α-hetero) is 1. The highest BCUT2D eigenvalue weighted by atomic mass is 16.6. The number of benzene rings is 2. The van der Waals surface area contributed by atoms with Crippen LogP contribution in [0.3, 0.4) is 0 Å². The minimum atomic E-state index is -0.0846. The van der Waals surface area contributed by atoms with Gasteiger partial charge in [0.15, 0.2) is 17.3 Å². The van der Waals surface area contributed by atoms with Crippen molar-refractivity contribution in [3.8, 4) is 11.5 Å². The van der Waals surface area contributed by atoms with Gasteiger partial charge in [-0.2, -0.15) is 0 Å². The van der Waals surface area contributed by atoms with Gasteiger partial charge in [-0.1, -0.05) is 30.3 Å². The van der Waals surface area contributed by atoms with Gasteiger partial charge in [-0.05, 0) is 23.8 Å². The van der Waals surface area contributed by atoms with Crippen molar-refractivity contribution in [2.24, 2.45) is 0 Å². The smallest absolute Gasteiger partial charge is 0.220 e. The highest BCUT2D eigenvalue weighted by Crippen LogP contribution is 2.31. The molecule has 0 saturated carbocycles. The third kappa shape index (κ3) is 6.31. The van der Waals surface area contributed by atoms with Gasteiger partial charge >= 0.3 is 0 Å². The summed E-state index contributed by atoms with van der Waals surface area (Å²) in [4.78, 5) is 29.4. The van der Waals surface area contributed by atoms with Crippen molar-refractivity contribution in [1.82, 2.24) is 15.1 Å². The molecule has 0 spiro atoms. The van der Waals surface area contributed by atoms with Crippen LogP contribution in [0, 0.1) is 0 Å². The number of piperazine rings is 1. The Morgan fingerprint density at radius 2 is 1.56 bits per heavy atom. The van der Waals surface area contributed by atoms with Crippen molar-refractivity contribution in [3.05, 3.63) is 59.7 Å². The van der Waals surface area contributed by atoms with E-state index < -0.39 is 0 Å². The zero-order valence-electron chi connectivity index (χ0n) is 18.4. The van der Waals surface area contributed by atoms with E-state index in [1.165, 1.54) is 5.56 Å². The fourth-order valence-electron chi connectivity index (χ4n) is 4.04. The summed E-state index contributed by atoms with van der Waals surface area (Å²) in [6.45, 7) is 7.51. The van der Waals surface area contributed by atoms with Gasteiger partial charge in [-0.3, -0.25) is 19.4 Å². The van der Waals surface area contributed by atoms with Crippen LogP contribution in [0.4, 0.5) is 0 Å². The molecule has 7 heteroatoms. The number of nitrogens with zero attached hydrogens (tertiary/aromatic N) is 2. The van der Waals surface area contributed by atoms with Crippen LogP contribution in [-0.4, -0.2) is 74.0 Å². The zero-order chi connectivity index (χ0) is 22.2. The fourth-order valence-corrected chi connectivity index (χ4v) is 4.04. The molecule has 32 heavy (non-hydrogen) atoms. The summed E-state index contributed by atoms with van der Waals surface area (Å²) in [5.41, 5.74) is 1.90. The van der Waals surface area contributed by atoms with Crippen molar-refractivity contribution < 1.29 is 19.1 Å². The van der Waals surface area contributed by atoms with E-state index in [1.807, 2.05) is 6.07 Å². The number of nitrogens with one attached hydrogen (secondary N) is 1. The SMILES string of the molecule is O=C(CCC(=O)c1ccc2c(c1)OCCO2)NCCN1CCN(Cc2ccccc2)CC1. The highest BCUT2D eigenvalue weighted by molar-refractivity contribution is 5.98. The first-order valence-electron chi connectivity index (χ1n) is 11.4. The molecule has 1 fully saturated rings. The van der Waals surface area contributed by atoms with Crippen LogP contribution in [0.2, 0.25) is 0 Å². The van der Waals surface area contributed by atoms with Crippen LogP contribution < -0.4 is 14.8 Å². The number of carbonyl (C=O) groups is 2. The maximum absolute atomic E-state index is 12.4. The lowest BCUT2D eigenvalue weighted by molar-refractivity contribution is -0.121. The monoisotopic (exact) mass is 437 g/mol.